The van der Waals surface area contributed by atoms with Gasteiger partial charge in [-0.3, -0.25) is 0 Å². The molecule has 0 amide bonds. The van der Waals surface area contributed by atoms with Crippen LogP contribution in [0.15, 0.2) is 17.0 Å². The van der Waals surface area contributed by atoms with Crippen LogP contribution in [0.3, 0.4) is 0 Å². The number of benzene rings is 1. The van der Waals surface area contributed by atoms with Gasteiger partial charge < -0.3 is 0 Å². The van der Waals surface area contributed by atoms with Gasteiger partial charge in [-0.25, -0.2) is 0 Å². The number of aromatic nitrogens is 2. The number of thioether (sulfide) groups is 1. The Morgan fingerprint density at radius 1 is 1.55 bits per heavy atom. The van der Waals surface area contributed by atoms with E-state index in [0.29, 0.717) is 10.4 Å². The third kappa shape index (κ3) is 3.61. The molecule has 9 nitrogen and oxygen atoms in total. The molecule has 0 spiro atoms. The number of nitro benzene ring substituents is 1. The van der Waals surface area contributed by atoms with Gasteiger partial charge in [0.05, 0.1) is 0 Å². The molecule has 0 aliphatic heterocycles. The summed E-state index contributed by atoms with van der Waals surface area (Å²) in [6.45, 7) is -0.346. The van der Waals surface area contributed by atoms with E-state index < -0.39 is 31.9 Å². The molecule has 0 saturated carbocycles. The molecule has 1 heterocycles. The van der Waals surface area contributed by atoms with Crippen molar-refractivity contribution in [2.24, 2.45) is 5.73 Å². The fraction of sp³-hybridized carbons (Fsp3) is 0.273. The molecule has 22 heavy (non-hydrogen) atoms. The summed E-state index contributed by atoms with van der Waals surface area (Å²) in [6, 6.07) is 3.72. The number of carbonyl (C=O) groups excluding carboxylic acids is 1. The summed E-state index contributed by atoms with van der Waals surface area (Å²) in [5.41, 5.74) is 6.33. The summed E-state index contributed by atoms with van der Waals surface area (Å²) in [5.74, 6) is -0.463. The quantitative estimate of drug-likeness (QED) is 0.240. The maximum absolute atomic E-state index is 11.5. The van der Waals surface area contributed by atoms with Crippen LogP contribution in [0.4, 0.5) is 5.69 Å². The topological polar surface area (TPSA) is 145 Å². The Balaban J connectivity index is 2.11. The second-order valence-electron chi connectivity index (χ2n) is 3.98. The number of carbonyl (C=O) groups is 1. The van der Waals surface area contributed by atoms with Gasteiger partial charge in [0.15, 0.2) is 0 Å². The number of nitrogens with two attached hydrogens (primary N) is 1. The molecule has 0 radical (unpaired) electrons. The first-order valence-corrected chi connectivity index (χ1v) is 8.38. The molecule has 1 unspecified atom stereocenters. The molecular weight excluding hydrogens is 377 g/mol. The number of rotatable bonds is 6. The van der Waals surface area contributed by atoms with Crippen LogP contribution < -0.4 is 5.73 Å². The second kappa shape index (κ2) is 7.33. The van der Waals surface area contributed by atoms with Gasteiger partial charge in [0, 0.05) is 0 Å². The molecule has 1 aromatic heterocycles. The van der Waals surface area contributed by atoms with Crippen molar-refractivity contribution < 1.29 is 14.5 Å². The molecule has 114 valence electrons. The van der Waals surface area contributed by atoms with Crippen molar-refractivity contribution in [3.05, 3.63) is 22.2 Å². The van der Waals surface area contributed by atoms with Crippen molar-refractivity contribution in [2.45, 2.75) is 10.9 Å². The van der Waals surface area contributed by atoms with Gasteiger partial charge in [0.25, 0.3) is 0 Å². The van der Waals surface area contributed by atoms with E-state index in [1.807, 2.05) is 0 Å². The molecular formula is C11H9N5O4SSe. The van der Waals surface area contributed by atoms with Crippen molar-refractivity contribution in [1.82, 2.24) is 7.96 Å². The summed E-state index contributed by atoms with van der Waals surface area (Å²) in [6.07, 6.45) is 0. The van der Waals surface area contributed by atoms with Gasteiger partial charge in [-0.05, 0) is 0 Å². The molecule has 1 aromatic carbocycles. The number of ether oxygens (including phenoxy) is 1. The van der Waals surface area contributed by atoms with Crippen LogP contribution in [-0.4, -0.2) is 52.2 Å². The van der Waals surface area contributed by atoms with E-state index in [0.717, 1.165) is 0 Å². The van der Waals surface area contributed by atoms with Gasteiger partial charge in [-0.2, -0.15) is 0 Å². The zero-order chi connectivity index (χ0) is 16.1. The summed E-state index contributed by atoms with van der Waals surface area (Å²) in [4.78, 5) is 22.6. The normalized spacial score (nSPS) is 11.8. The average Bonchev–Trinajstić information content (AvgIpc) is 2.99. The van der Waals surface area contributed by atoms with Crippen molar-refractivity contribution >= 4 is 49.4 Å². The number of nitrogens with zero attached hydrogens (tertiary/aromatic N) is 4. The maximum atomic E-state index is 11.5. The van der Waals surface area contributed by atoms with Crippen molar-refractivity contribution in [1.29, 1.82) is 5.26 Å². The Kier molecular flexibility index (Phi) is 5.46. The molecule has 2 N–H and O–H groups in total. The third-order valence-electron chi connectivity index (χ3n) is 2.55. The first-order chi connectivity index (χ1) is 10.5. The molecule has 2 rings (SSSR count). The van der Waals surface area contributed by atoms with E-state index in [1.165, 1.54) is 17.8 Å². The number of nitro groups is 1. The van der Waals surface area contributed by atoms with Crippen molar-refractivity contribution in [2.75, 3.05) is 12.4 Å². The number of nitriles is 1. The number of esters is 1. The number of non-ortho nitro benzene ring substituents is 1. The van der Waals surface area contributed by atoms with E-state index in [9.17, 15) is 14.9 Å². The van der Waals surface area contributed by atoms with Crippen molar-refractivity contribution in [3.8, 4) is 6.07 Å². The zero-order valence-corrected chi connectivity index (χ0v) is 13.5. The number of hydrogen-bond acceptors (Lipinski definition) is 9. The van der Waals surface area contributed by atoms with Crippen LogP contribution in [0.25, 0.3) is 11.0 Å². The monoisotopic (exact) mass is 387 g/mol. The minimum atomic E-state index is -0.895. The first kappa shape index (κ1) is 16.4. The molecule has 0 fully saturated rings. The molecule has 11 heteroatoms. The number of fused-ring (bicyclic) bond motifs is 1. The average molecular weight is 386 g/mol. The van der Waals surface area contributed by atoms with E-state index in [2.05, 4.69) is 12.7 Å². The van der Waals surface area contributed by atoms with E-state index in [1.54, 1.807) is 12.1 Å². The SMILES string of the molecule is N#CCOC(=O)C(N)CSc1ccc([N+](=O)[O-])c2n[se]nc12. The molecule has 0 aliphatic carbocycles. The molecule has 1 atom stereocenters. The van der Waals surface area contributed by atoms with Crippen LogP contribution in [0, 0.1) is 21.4 Å². The molecule has 0 saturated heterocycles. The molecule has 2 aromatic rings. The van der Waals surface area contributed by atoms with Gasteiger partial charge >= 0.3 is 134 Å². The third-order valence-corrected chi connectivity index (χ3v) is 4.83. The predicted octanol–water partition coefficient (Wildman–Crippen LogP) is 0.0812. The minimum absolute atomic E-state index is 0.0831. The Morgan fingerprint density at radius 3 is 2.95 bits per heavy atom. The summed E-state index contributed by atoms with van der Waals surface area (Å²) >= 11 is 0.836. The Bertz CT molecular complexity index is 759. The van der Waals surface area contributed by atoms with E-state index in [-0.39, 0.29) is 23.6 Å². The Labute approximate surface area is 134 Å². The van der Waals surface area contributed by atoms with Crippen LogP contribution >= 0.6 is 11.8 Å². The van der Waals surface area contributed by atoms with Gasteiger partial charge in [-0.1, -0.05) is 0 Å². The van der Waals surface area contributed by atoms with Gasteiger partial charge in [0.1, 0.15) is 0 Å². The molecule has 0 aliphatic rings. The summed E-state index contributed by atoms with van der Waals surface area (Å²) in [5, 5.41) is 19.3. The van der Waals surface area contributed by atoms with Crippen molar-refractivity contribution in [3.63, 3.8) is 0 Å². The van der Waals surface area contributed by atoms with Crippen LogP contribution in [0.1, 0.15) is 0 Å². The van der Waals surface area contributed by atoms with Crippen LogP contribution in [0.5, 0.6) is 0 Å². The predicted molar refractivity (Wildman–Crippen MR) is 78.4 cm³/mol. The van der Waals surface area contributed by atoms with Gasteiger partial charge in [-0.15, -0.1) is 0 Å². The molecule has 0 bridgehead atoms. The summed E-state index contributed by atoms with van der Waals surface area (Å²) < 4.78 is 12.9. The Hall–Kier alpha value is -1.99. The number of hydrogen-bond donors (Lipinski definition) is 1. The van der Waals surface area contributed by atoms with Gasteiger partial charge in [0.2, 0.25) is 0 Å². The zero-order valence-electron chi connectivity index (χ0n) is 11.0. The first-order valence-electron chi connectivity index (χ1n) is 5.86. The van der Waals surface area contributed by atoms with Crippen LogP contribution in [-0.2, 0) is 9.53 Å². The fourth-order valence-electron chi connectivity index (χ4n) is 1.55. The Morgan fingerprint density at radius 2 is 2.27 bits per heavy atom. The van der Waals surface area contributed by atoms with E-state index in [4.69, 9.17) is 11.0 Å². The van der Waals surface area contributed by atoms with E-state index >= 15 is 0 Å². The fourth-order valence-corrected chi connectivity index (χ4v) is 3.82. The van der Waals surface area contributed by atoms with Crippen LogP contribution in [0.2, 0.25) is 0 Å². The second-order valence-corrected chi connectivity index (χ2v) is 6.16. The summed E-state index contributed by atoms with van der Waals surface area (Å²) in [7, 11) is 0. The standard InChI is InChI=1S/C11H9N5O4SSe/c12-3-4-20-11(17)6(13)5-21-8-2-1-7(16(18)19)9-10(8)15-22-14-9/h1-2,6H,4-5,13H2.